The molecule has 0 spiro atoms. The molecule has 1 aromatic rings. The molecule has 20 heavy (non-hydrogen) atoms. The Morgan fingerprint density at radius 1 is 1.15 bits per heavy atom. The van der Waals surface area contributed by atoms with Gasteiger partial charge >= 0.3 is 0 Å². The third-order valence-electron chi connectivity index (χ3n) is 4.16. The van der Waals surface area contributed by atoms with Crippen molar-refractivity contribution >= 4 is 23.2 Å². The minimum atomic E-state index is -0.514. The molecule has 2 aliphatic rings. The number of carbonyl (C=O) groups is 2. The molecular weight excluding hydrogens is 259 g/mol. The highest BCUT2D eigenvalue weighted by Crippen LogP contribution is 2.54. The third kappa shape index (κ3) is 2.66. The summed E-state index contributed by atoms with van der Waals surface area (Å²) in [6, 6.07) is 4.20. The molecule has 0 bridgehead atoms. The Labute approximate surface area is 116 Å². The van der Waals surface area contributed by atoms with Crippen LogP contribution in [0, 0.1) is 23.6 Å². The Hall–Kier alpha value is -1.91. The molecule has 0 heterocycles. The van der Waals surface area contributed by atoms with Crippen LogP contribution < -0.4 is 10.6 Å². The highest BCUT2D eigenvalue weighted by Gasteiger charge is 2.47. The van der Waals surface area contributed by atoms with Crippen LogP contribution in [0.3, 0.4) is 0 Å². The van der Waals surface area contributed by atoms with Crippen molar-refractivity contribution in [3.05, 3.63) is 24.0 Å². The summed E-state index contributed by atoms with van der Waals surface area (Å²) in [7, 11) is 0. The second-order valence-electron chi connectivity index (χ2n) is 5.79. The Bertz CT molecular complexity index is 563. The lowest BCUT2D eigenvalue weighted by atomic mass is 10.0. The first kappa shape index (κ1) is 13.1. The van der Waals surface area contributed by atoms with Crippen molar-refractivity contribution in [2.45, 2.75) is 26.2 Å². The number of hydrogen-bond acceptors (Lipinski definition) is 2. The molecule has 2 N–H and O–H groups in total. The van der Waals surface area contributed by atoms with Gasteiger partial charge in [-0.05, 0) is 49.3 Å². The maximum absolute atomic E-state index is 13.5. The average molecular weight is 276 g/mol. The number of benzene rings is 1. The maximum atomic E-state index is 13.5. The zero-order valence-corrected chi connectivity index (χ0v) is 11.3. The molecule has 2 amide bonds. The standard InChI is InChI=1S/C15H17FN2O2/c1-8(19)17-14-7-12(2-3-13(14)16)18-15(20)11-5-9-4-10(9)6-11/h2-3,7,9-11H,4-6H2,1H3,(H,17,19)(H,18,20). The molecular formula is C15H17FN2O2. The third-order valence-corrected chi connectivity index (χ3v) is 4.16. The van der Waals surface area contributed by atoms with Crippen LogP contribution >= 0.6 is 0 Å². The molecule has 0 radical (unpaired) electrons. The average Bonchev–Trinajstić information content (AvgIpc) is 2.99. The van der Waals surface area contributed by atoms with Crippen LogP contribution in [0.4, 0.5) is 15.8 Å². The summed E-state index contributed by atoms with van der Waals surface area (Å²) in [4.78, 5) is 23.1. The van der Waals surface area contributed by atoms with Crippen LogP contribution in [-0.4, -0.2) is 11.8 Å². The Morgan fingerprint density at radius 3 is 2.50 bits per heavy atom. The smallest absolute Gasteiger partial charge is 0.227 e. The van der Waals surface area contributed by atoms with Gasteiger partial charge in [-0.25, -0.2) is 4.39 Å². The number of nitrogens with one attached hydrogen (secondary N) is 2. The van der Waals surface area contributed by atoms with E-state index < -0.39 is 5.82 Å². The van der Waals surface area contributed by atoms with E-state index in [0.717, 1.165) is 24.7 Å². The second kappa shape index (κ2) is 4.89. The monoisotopic (exact) mass is 276 g/mol. The predicted octanol–water partition coefficient (Wildman–Crippen LogP) is 2.77. The number of fused-ring (bicyclic) bond motifs is 1. The first-order valence-electron chi connectivity index (χ1n) is 6.91. The Kier molecular flexibility index (Phi) is 3.20. The van der Waals surface area contributed by atoms with E-state index in [1.165, 1.54) is 31.5 Å². The van der Waals surface area contributed by atoms with Crippen molar-refractivity contribution in [2.24, 2.45) is 17.8 Å². The first-order chi connectivity index (χ1) is 9.52. The van der Waals surface area contributed by atoms with Gasteiger partial charge in [-0.2, -0.15) is 0 Å². The van der Waals surface area contributed by atoms with Gasteiger partial charge in [0.15, 0.2) is 0 Å². The van der Waals surface area contributed by atoms with E-state index in [-0.39, 0.29) is 23.4 Å². The van der Waals surface area contributed by atoms with Crippen molar-refractivity contribution in [3.8, 4) is 0 Å². The number of anilines is 2. The van der Waals surface area contributed by atoms with Crippen molar-refractivity contribution in [3.63, 3.8) is 0 Å². The molecule has 2 aliphatic carbocycles. The van der Waals surface area contributed by atoms with Gasteiger partial charge in [-0.15, -0.1) is 0 Å². The number of amides is 2. The van der Waals surface area contributed by atoms with E-state index in [9.17, 15) is 14.0 Å². The molecule has 2 unspecified atom stereocenters. The summed E-state index contributed by atoms with van der Waals surface area (Å²) in [6.45, 7) is 1.31. The topological polar surface area (TPSA) is 58.2 Å². The highest BCUT2D eigenvalue weighted by molar-refractivity contribution is 5.94. The molecule has 0 saturated heterocycles. The second-order valence-corrected chi connectivity index (χ2v) is 5.79. The van der Waals surface area contributed by atoms with Crippen molar-refractivity contribution < 1.29 is 14.0 Å². The van der Waals surface area contributed by atoms with Crippen LogP contribution in [0.5, 0.6) is 0 Å². The lowest BCUT2D eigenvalue weighted by Crippen LogP contribution is -2.21. The lowest BCUT2D eigenvalue weighted by Gasteiger charge is -2.13. The zero-order chi connectivity index (χ0) is 14.3. The van der Waals surface area contributed by atoms with Crippen LogP contribution in [0.25, 0.3) is 0 Å². The fourth-order valence-corrected chi connectivity index (χ4v) is 3.06. The SMILES string of the molecule is CC(=O)Nc1cc(NC(=O)C2CC3CC3C2)ccc1F. The number of halogens is 1. The fraction of sp³-hybridized carbons (Fsp3) is 0.467. The molecule has 0 aliphatic heterocycles. The first-order valence-corrected chi connectivity index (χ1v) is 6.91. The highest BCUT2D eigenvalue weighted by atomic mass is 19.1. The van der Waals surface area contributed by atoms with Gasteiger partial charge in [-0.1, -0.05) is 0 Å². The minimum Gasteiger partial charge on any atom is -0.326 e. The quantitative estimate of drug-likeness (QED) is 0.891. The predicted molar refractivity (Wildman–Crippen MR) is 73.7 cm³/mol. The van der Waals surface area contributed by atoms with Crippen molar-refractivity contribution in [1.29, 1.82) is 0 Å². The summed E-state index contributed by atoms with van der Waals surface area (Å²) in [5.41, 5.74) is 0.602. The Morgan fingerprint density at radius 2 is 1.85 bits per heavy atom. The van der Waals surface area contributed by atoms with Gasteiger partial charge < -0.3 is 10.6 Å². The number of rotatable bonds is 3. The Balaban J connectivity index is 1.67. The van der Waals surface area contributed by atoms with Crippen molar-refractivity contribution in [1.82, 2.24) is 0 Å². The largest absolute Gasteiger partial charge is 0.326 e. The van der Waals surface area contributed by atoms with E-state index in [0.29, 0.717) is 5.69 Å². The summed E-state index contributed by atoms with van der Waals surface area (Å²) < 4.78 is 13.5. The molecule has 2 saturated carbocycles. The normalized spacial score (nSPS) is 26.8. The lowest BCUT2D eigenvalue weighted by molar-refractivity contribution is -0.120. The van der Waals surface area contributed by atoms with Gasteiger partial charge in [0.1, 0.15) is 5.82 Å². The van der Waals surface area contributed by atoms with Crippen LogP contribution in [0.15, 0.2) is 18.2 Å². The van der Waals surface area contributed by atoms with Gasteiger partial charge in [0.2, 0.25) is 11.8 Å². The van der Waals surface area contributed by atoms with E-state index in [1.807, 2.05) is 0 Å². The molecule has 0 aromatic heterocycles. The minimum absolute atomic E-state index is 0.00224. The molecule has 2 fully saturated rings. The van der Waals surface area contributed by atoms with Crippen LogP contribution in [0.2, 0.25) is 0 Å². The van der Waals surface area contributed by atoms with Gasteiger partial charge in [0, 0.05) is 18.5 Å². The number of hydrogen-bond donors (Lipinski definition) is 2. The van der Waals surface area contributed by atoms with Gasteiger partial charge in [0.25, 0.3) is 0 Å². The van der Waals surface area contributed by atoms with E-state index in [1.54, 1.807) is 0 Å². The summed E-state index contributed by atoms with van der Waals surface area (Å²) >= 11 is 0. The van der Waals surface area contributed by atoms with E-state index >= 15 is 0 Å². The van der Waals surface area contributed by atoms with Crippen LogP contribution in [-0.2, 0) is 9.59 Å². The summed E-state index contributed by atoms with van der Waals surface area (Å²) in [5.74, 6) is 0.706. The number of carbonyl (C=O) groups excluding carboxylic acids is 2. The molecule has 5 heteroatoms. The molecule has 106 valence electrons. The van der Waals surface area contributed by atoms with E-state index in [2.05, 4.69) is 10.6 Å². The van der Waals surface area contributed by atoms with Crippen molar-refractivity contribution in [2.75, 3.05) is 10.6 Å². The van der Waals surface area contributed by atoms with Gasteiger partial charge in [-0.3, -0.25) is 9.59 Å². The van der Waals surface area contributed by atoms with Crippen LogP contribution in [0.1, 0.15) is 26.2 Å². The van der Waals surface area contributed by atoms with Gasteiger partial charge in [0.05, 0.1) is 5.69 Å². The van der Waals surface area contributed by atoms with E-state index in [4.69, 9.17) is 0 Å². The summed E-state index contributed by atoms with van der Waals surface area (Å²) in [6.07, 6.45) is 3.21. The fourth-order valence-electron chi connectivity index (χ4n) is 3.06. The molecule has 4 nitrogen and oxygen atoms in total. The summed E-state index contributed by atoms with van der Waals surface area (Å²) in [5, 5.41) is 5.21. The maximum Gasteiger partial charge on any atom is 0.227 e. The molecule has 3 rings (SSSR count). The zero-order valence-electron chi connectivity index (χ0n) is 11.3. The molecule has 2 atom stereocenters. The molecule has 1 aromatic carbocycles.